The maximum absolute atomic E-state index is 13.9. The van der Waals surface area contributed by atoms with Gasteiger partial charge in [0.15, 0.2) is 5.75 Å². The number of halogens is 2. The molecule has 0 saturated carbocycles. The number of amides is 3. The van der Waals surface area contributed by atoms with Crippen LogP contribution in [-0.2, 0) is 23.9 Å². The normalized spacial score (nSPS) is 16.2. The number of nitrogens with one attached hydrogen (secondary N) is 2. The van der Waals surface area contributed by atoms with Gasteiger partial charge in [0.1, 0.15) is 48.4 Å². The first-order valence-electron chi connectivity index (χ1n) is 21.2. The number of hydrogen-bond acceptors (Lipinski definition) is 11. The second kappa shape index (κ2) is 22.1. The third kappa shape index (κ3) is 13.1. The van der Waals surface area contributed by atoms with Crippen molar-refractivity contribution >= 4 is 50.7 Å². The number of carbonyl (C=O) groups is 3. The number of β-amino-alcohol motifs (C(OH)–C–C–N with tert-alkyl or cyclic N) is 1. The van der Waals surface area contributed by atoms with Gasteiger partial charge in [-0.1, -0.05) is 56.6 Å². The van der Waals surface area contributed by atoms with E-state index in [0.29, 0.717) is 48.6 Å². The van der Waals surface area contributed by atoms with Crippen molar-refractivity contribution < 1.29 is 47.9 Å². The highest BCUT2D eigenvalue weighted by Gasteiger charge is 2.44. The number of ether oxygens (including phenoxy) is 4. The molecule has 1 saturated heterocycles. The summed E-state index contributed by atoms with van der Waals surface area (Å²) >= 11 is 7.47. The maximum atomic E-state index is 13.9. The topological polar surface area (TPSA) is 159 Å². The summed E-state index contributed by atoms with van der Waals surface area (Å²) in [6.45, 7) is 9.57. The van der Waals surface area contributed by atoms with E-state index in [-0.39, 0.29) is 50.4 Å². The molecule has 4 N–H and O–H groups in total. The molecule has 1 aromatic heterocycles. The number of nitrogens with zero attached hydrogens (tertiary/aromatic N) is 2. The predicted octanol–water partition coefficient (Wildman–Crippen LogP) is 7.57. The molecule has 4 atom stereocenters. The Morgan fingerprint density at radius 3 is 2.28 bits per heavy atom. The summed E-state index contributed by atoms with van der Waals surface area (Å²) in [5, 5.41) is 27.7. The van der Waals surface area contributed by atoms with E-state index >= 15 is 0 Å². The zero-order valence-corrected chi connectivity index (χ0v) is 38.2. The van der Waals surface area contributed by atoms with Crippen LogP contribution in [0.3, 0.4) is 0 Å². The Labute approximate surface area is 382 Å². The van der Waals surface area contributed by atoms with Gasteiger partial charge in [0.05, 0.1) is 36.8 Å². The van der Waals surface area contributed by atoms with Crippen molar-refractivity contribution in [3.8, 4) is 33.4 Å². The zero-order chi connectivity index (χ0) is 46.0. The van der Waals surface area contributed by atoms with E-state index in [0.717, 1.165) is 26.1 Å². The lowest BCUT2D eigenvalue weighted by Crippen LogP contribution is -2.58. The SMILES string of the molecule is C[C@H](NC(=O)[C@@H]1C[C@@H](O)CN1C(=O)C(NC(=O)COCCOCCN(C)CCOc1ccc(Oc2c(-c3ccc(F)cc3)sc3cc(O)ccc23)cc1)C(C)(C)C)c1ccc(Cl)cc1. The second-order valence-corrected chi connectivity index (χ2v) is 18.4. The molecular weight excluding hydrogens is 863 g/mol. The molecule has 2 heterocycles. The largest absolute Gasteiger partial charge is 0.508 e. The van der Waals surface area contributed by atoms with Gasteiger partial charge >= 0.3 is 0 Å². The summed E-state index contributed by atoms with van der Waals surface area (Å²) in [6, 6.07) is 23.5. The molecule has 1 aliphatic rings. The molecule has 3 amide bonds. The number of likely N-dealkylation sites (N-methyl/N-ethyl adjacent to an activating group) is 1. The molecule has 64 heavy (non-hydrogen) atoms. The molecule has 0 aliphatic carbocycles. The van der Waals surface area contributed by atoms with Gasteiger partial charge < -0.3 is 49.6 Å². The minimum absolute atomic E-state index is 0.0266. The van der Waals surface area contributed by atoms with E-state index in [1.165, 1.54) is 28.4 Å². The van der Waals surface area contributed by atoms with Crippen molar-refractivity contribution in [1.82, 2.24) is 20.4 Å². The van der Waals surface area contributed by atoms with Crippen LogP contribution in [0.15, 0.2) is 91.0 Å². The van der Waals surface area contributed by atoms with Crippen LogP contribution in [0.5, 0.6) is 23.0 Å². The van der Waals surface area contributed by atoms with Crippen LogP contribution in [0.4, 0.5) is 4.39 Å². The number of aliphatic hydroxyl groups excluding tert-OH is 1. The number of phenols is 1. The molecule has 0 spiro atoms. The number of thiophene rings is 1. The van der Waals surface area contributed by atoms with Crippen molar-refractivity contribution in [1.29, 1.82) is 0 Å². The first kappa shape index (κ1) is 48.2. The molecule has 4 aromatic carbocycles. The van der Waals surface area contributed by atoms with Gasteiger partial charge in [0.25, 0.3) is 0 Å². The number of aliphatic hydroxyl groups is 1. The van der Waals surface area contributed by atoms with Gasteiger partial charge in [0, 0.05) is 41.2 Å². The van der Waals surface area contributed by atoms with Gasteiger partial charge in [-0.2, -0.15) is 0 Å². The number of likely N-dealkylation sites (tertiary alicyclic amines) is 1. The first-order chi connectivity index (χ1) is 30.5. The maximum Gasteiger partial charge on any atom is 0.246 e. The van der Waals surface area contributed by atoms with Crippen LogP contribution in [0.25, 0.3) is 20.5 Å². The molecule has 5 aromatic rings. The van der Waals surface area contributed by atoms with Gasteiger partial charge in [0.2, 0.25) is 17.7 Å². The lowest BCUT2D eigenvalue weighted by Gasteiger charge is -2.35. The molecule has 13 nitrogen and oxygen atoms in total. The van der Waals surface area contributed by atoms with Crippen LogP contribution < -0.4 is 20.1 Å². The molecule has 16 heteroatoms. The number of carbonyl (C=O) groups excluding carboxylic acids is 3. The van der Waals surface area contributed by atoms with Crippen molar-refractivity contribution in [3.05, 3.63) is 107 Å². The van der Waals surface area contributed by atoms with E-state index in [2.05, 4.69) is 15.5 Å². The van der Waals surface area contributed by atoms with Crippen molar-refractivity contribution in [2.45, 2.75) is 58.3 Å². The molecule has 1 fully saturated rings. The number of rotatable bonds is 20. The zero-order valence-electron chi connectivity index (χ0n) is 36.6. The van der Waals surface area contributed by atoms with E-state index in [1.54, 1.807) is 36.4 Å². The quantitative estimate of drug-likeness (QED) is 0.0574. The summed E-state index contributed by atoms with van der Waals surface area (Å²) in [6.07, 6.45) is -0.796. The van der Waals surface area contributed by atoms with Crippen LogP contribution >= 0.6 is 22.9 Å². The highest BCUT2D eigenvalue weighted by molar-refractivity contribution is 7.22. The third-order valence-electron chi connectivity index (χ3n) is 10.8. The Kier molecular flexibility index (Phi) is 16.6. The second-order valence-electron chi connectivity index (χ2n) is 16.9. The Morgan fingerprint density at radius 1 is 0.906 bits per heavy atom. The number of hydrogen-bond donors (Lipinski definition) is 4. The first-order valence-corrected chi connectivity index (χ1v) is 22.3. The van der Waals surface area contributed by atoms with Crippen LogP contribution in [0, 0.1) is 11.2 Å². The van der Waals surface area contributed by atoms with Crippen molar-refractivity contribution in [2.24, 2.45) is 5.41 Å². The minimum Gasteiger partial charge on any atom is -0.508 e. The van der Waals surface area contributed by atoms with Crippen molar-refractivity contribution in [3.63, 3.8) is 0 Å². The standard InChI is InChI=1S/C48H56ClFN4O9S/c1-30(31-6-10-33(49)11-7-31)51-46(58)40-26-36(56)28-54(40)47(59)45(48(2,3)4)52-42(57)29-61-25-24-60-22-20-53(5)21-23-62-37-15-17-38(18-16-37)63-43-39-19-14-35(55)27-41(39)64-44(43)32-8-12-34(50)13-9-32/h6-19,27,30,36,40,45,55-56H,20-26,28-29H2,1-5H3,(H,51,58)(H,52,57)/t30-,36+,40-,45?/m0/s1. The van der Waals surface area contributed by atoms with E-state index in [1.807, 2.05) is 77.2 Å². The average molecular weight is 920 g/mol. The fourth-order valence-corrected chi connectivity index (χ4v) is 8.47. The fourth-order valence-electron chi connectivity index (χ4n) is 7.18. The number of benzene rings is 4. The highest BCUT2D eigenvalue weighted by atomic mass is 35.5. The Hall–Kier alpha value is -5.29. The van der Waals surface area contributed by atoms with E-state index in [4.69, 9.17) is 30.5 Å². The smallest absolute Gasteiger partial charge is 0.246 e. The summed E-state index contributed by atoms with van der Waals surface area (Å²) in [4.78, 5) is 44.5. The lowest BCUT2D eigenvalue weighted by molar-refractivity contribution is -0.144. The van der Waals surface area contributed by atoms with E-state index < -0.39 is 41.3 Å². The molecule has 342 valence electrons. The molecule has 0 radical (unpaired) electrons. The van der Waals surface area contributed by atoms with Gasteiger partial charge in [-0.15, -0.1) is 11.3 Å². The predicted molar refractivity (Wildman–Crippen MR) is 246 cm³/mol. The van der Waals surface area contributed by atoms with Gasteiger partial charge in [-0.25, -0.2) is 4.39 Å². The van der Waals surface area contributed by atoms with Crippen LogP contribution in [0.2, 0.25) is 5.02 Å². The Morgan fingerprint density at radius 2 is 1.58 bits per heavy atom. The lowest BCUT2D eigenvalue weighted by atomic mass is 9.85. The summed E-state index contributed by atoms with van der Waals surface area (Å²) in [7, 11) is 1.96. The van der Waals surface area contributed by atoms with Crippen molar-refractivity contribution in [2.75, 3.05) is 59.7 Å². The van der Waals surface area contributed by atoms with Gasteiger partial charge in [-0.3, -0.25) is 14.4 Å². The number of aromatic hydroxyl groups is 1. The van der Waals surface area contributed by atoms with E-state index in [9.17, 15) is 29.0 Å². The number of phenolic OH excluding ortho intramolecular Hbond substituents is 1. The monoisotopic (exact) mass is 918 g/mol. The minimum atomic E-state index is -0.972. The third-order valence-corrected chi connectivity index (χ3v) is 12.2. The summed E-state index contributed by atoms with van der Waals surface area (Å²) < 4.78 is 38.1. The highest BCUT2D eigenvalue weighted by Crippen LogP contribution is 2.47. The Balaban J connectivity index is 0.876. The average Bonchev–Trinajstić information content (AvgIpc) is 3.82. The summed E-state index contributed by atoms with van der Waals surface area (Å²) in [5.74, 6) is 0.399. The van der Waals surface area contributed by atoms with Crippen LogP contribution in [0.1, 0.15) is 45.7 Å². The molecule has 1 aliphatic heterocycles. The molecule has 6 rings (SSSR count). The fraction of sp³-hybridized carbons (Fsp3) is 0.396. The Bertz CT molecular complexity index is 2340. The van der Waals surface area contributed by atoms with Gasteiger partial charge in [-0.05, 0) is 97.2 Å². The molecule has 1 unspecified atom stereocenters. The summed E-state index contributed by atoms with van der Waals surface area (Å²) in [5.41, 5.74) is 0.947. The van der Waals surface area contributed by atoms with Crippen LogP contribution in [-0.4, -0.2) is 116 Å². The number of fused-ring (bicyclic) bond motifs is 1. The molecule has 0 bridgehead atoms. The molecular formula is C48H56ClFN4O9S.